The summed E-state index contributed by atoms with van der Waals surface area (Å²) < 4.78 is 23.8. The number of esters is 1. The smallest absolute Gasteiger partial charge is 0.340 e. The first-order valence-electron chi connectivity index (χ1n) is 6.55. The molecule has 0 heterocycles. The van der Waals surface area contributed by atoms with Gasteiger partial charge in [-0.05, 0) is 25.5 Å². The summed E-state index contributed by atoms with van der Waals surface area (Å²) in [5, 5.41) is 3.00. The number of carbonyl (C=O) groups excluding carboxylic acids is 1. The van der Waals surface area contributed by atoms with Gasteiger partial charge in [-0.15, -0.1) is 0 Å². The second-order valence-electron chi connectivity index (χ2n) is 4.34. The van der Waals surface area contributed by atoms with Crippen LogP contribution in [0.3, 0.4) is 0 Å². The zero-order valence-electron chi connectivity index (χ0n) is 12.0. The van der Waals surface area contributed by atoms with Gasteiger partial charge in [0.25, 0.3) is 0 Å². The molecule has 0 aliphatic carbocycles. The van der Waals surface area contributed by atoms with Crippen molar-refractivity contribution in [2.24, 2.45) is 0 Å². The highest BCUT2D eigenvalue weighted by Gasteiger charge is 2.17. The van der Waals surface area contributed by atoms with Crippen LogP contribution in [0.15, 0.2) is 12.1 Å². The highest BCUT2D eigenvalue weighted by Crippen LogP contribution is 2.24. The van der Waals surface area contributed by atoms with Crippen LogP contribution in [0.1, 0.15) is 30.6 Å². The molecule has 6 heteroatoms. The van der Waals surface area contributed by atoms with Gasteiger partial charge in [-0.25, -0.2) is 9.18 Å². The fourth-order valence-corrected chi connectivity index (χ4v) is 1.77. The number of nitrogens with two attached hydrogens (primary N) is 1. The van der Waals surface area contributed by atoms with E-state index < -0.39 is 11.8 Å². The Morgan fingerprint density at radius 2 is 2.15 bits per heavy atom. The minimum atomic E-state index is -0.562. The number of halogens is 1. The van der Waals surface area contributed by atoms with E-state index in [1.54, 1.807) is 14.0 Å². The Bertz CT molecular complexity index is 466. The van der Waals surface area contributed by atoms with E-state index in [9.17, 15) is 9.18 Å². The largest absolute Gasteiger partial charge is 0.462 e. The molecule has 0 radical (unpaired) electrons. The summed E-state index contributed by atoms with van der Waals surface area (Å²) in [6.07, 6.45) is 0.756. The lowest BCUT2D eigenvalue weighted by molar-refractivity contribution is 0.0527. The van der Waals surface area contributed by atoms with Crippen molar-refractivity contribution in [2.45, 2.75) is 26.3 Å². The number of rotatable bonds is 7. The molecule has 0 amide bonds. The SMILES string of the molecule is CCOC(=O)c1cc(NC(CC)COC)c(F)cc1N. The van der Waals surface area contributed by atoms with Gasteiger partial charge in [-0.1, -0.05) is 6.92 Å². The molecule has 3 N–H and O–H groups in total. The van der Waals surface area contributed by atoms with Crippen molar-refractivity contribution < 1.29 is 18.7 Å². The van der Waals surface area contributed by atoms with Gasteiger partial charge in [0.05, 0.1) is 24.5 Å². The predicted molar refractivity (Wildman–Crippen MR) is 76.3 cm³/mol. The van der Waals surface area contributed by atoms with Gasteiger partial charge in [-0.3, -0.25) is 0 Å². The van der Waals surface area contributed by atoms with Crippen LogP contribution in [0.2, 0.25) is 0 Å². The molecule has 20 heavy (non-hydrogen) atoms. The van der Waals surface area contributed by atoms with Gasteiger partial charge in [0.2, 0.25) is 0 Å². The second-order valence-corrected chi connectivity index (χ2v) is 4.34. The summed E-state index contributed by atoms with van der Waals surface area (Å²) >= 11 is 0. The molecule has 0 saturated carbocycles. The summed E-state index contributed by atoms with van der Waals surface area (Å²) in [5.41, 5.74) is 6.08. The number of hydrogen-bond donors (Lipinski definition) is 2. The van der Waals surface area contributed by atoms with E-state index in [0.29, 0.717) is 6.61 Å². The molecule has 1 rings (SSSR count). The van der Waals surface area contributed by atoms with Crippen molar-refractivity contribution in [3.8, 4) is 0 Å². The molecule has 0 fully saturated rings. The number of anilines is 2. The first-order valence-corrected chi connectivity index (χ1v) is 6.55. The molecule has 0 aliphatic heterocycles. The number of hydrogen-bond acceptors (Lipinski definition) is 5. The van der Waals surface area contributed by atoms with Gasteiger partial charge < -0.3 is 20.5 Å². The predicted octanol–water partition coefficient (Wildman–Crippen LogP) is 2.42. The molecule has 112 valence electrons. The van der Waals surface area contributed by atoms with Crippen molar-refractivity contribution in [3.63, 3.8) is 0 Å². The lowest BCUT2D eigenvalue weighted by atomic mass is 10.1. The monoisotopic (exact) mass is 284 g/mol. The van der Waals surface area contributed by atoms with Gasteiger partial charge in [0, 0.05) is 18.8 Å². The Morgan fingerprint density at radius 1 is 1.45 bits per heavy atom. The number of ether oxygens (including phenoxy) is 2. The van der Waals surface area contributed by atoms with E-state index in [0.717, 1.165) is 12.5 Å². The highest BCUT2D eigenvalue weighted by molar-refractivity contribution is 5.96. The topological polar surface area (TPSA) is 73.6 Å². The van der Waals surface area contributed by atoms with Gasteiger partial charge in [-0.2, -0.15) is 0 Å². The summed E-state index contributed by atoms with van der Waals surface area (Å²) in [5.74, 6) is -1.07. The van der Waals surface area contributed by atoms with E-state index in [1.807, 2.05) is 6.92 Å². The van der Waals surface area contributed by atoms with Crippen LogP contribution in [0, 0.1) is 5.82 Å². The minimum Gasteiger partial charge on any atom is -0.462 e. The molecule has 0 saturated heterocycles. The summed E-state index contributed by atoms with van der Waals surface area (Å²) in [7, 11) is 1.58. The molecule has 0 aliphatic rings. The Balaban J connectivity index is 3.01. The van der Waals surface area contributed by atoms with Crippen molar-refractivity contribution in [1.82, 2.24) is 0 Å². The average molecular weight is 284 g/mol. The lowest BCUT2D eigenvalue weighted by Gasteiger charge is -2.18. The Hall–Kier alpha value is -1.82. The van der Waals surface area contributed by atoms with Crippen molar-refractivity contribution >= 4 is 17.3 Å². The van der Waals surface area contributed by atoms with E-state index in [2.05, 4.69) is 5.32 Å². The lowest BCUT2D eigenvalue weighted by Crippen LogP contribution is -2.24. The van der Waals surface area contributed by atoms with E-state index >= 15 is 0 Å². The third-order valence-corrected chi connectivity index (χ3v) is 2.85. The van der Waals surface area contributed by atoms with Crippen molar-refractivity contribution in [2.75, 3.05) is 31.4 Å². The van der Waals surface area contributed by atoms with Crippen LogP contribution in [0.4, 0.5) is 15.8 Å². The highest BCUT2D eigenvalue weighted by atomic mass is 19.1. The second kappa shape index (κ2) is 7.69. The molecule has 1 aromatic carbocycles. The molecule has 1 atom stereocenters. The van der Waals surface area contributed by atoms with Crippen LogP contribution in [0.5, 0.6) is 0 Å². The van der Waals surface area contributed by atoms with E-state index in [-0.39, 0.29) is 29.6 Å². The van der Waals surface area contributed by atoms with Gasteiger partial charge >= 0.3 is 5.97 Å². The Morgan fingerprint density at radius 3 is 2.70 bits per heavy atom. The molecule has 0 spiro atoms. The molecule has 0 bridgehead atoms. The average Bonchev–Trinajstić information content (AvgIpc) is 2.41. The van der Waals surface area contributed by atoms with Crippen molar-refractivity contribution in [1.29, 1.82) is 0 Å². The molecular formula is C14H21FN2O3. The summed E-state index contributed by atoms with van der Waals surface area (Å²) in [6.45, 7) is 4.33. The fourth-order valence-electron chi connectivity index (χ4n) is 1.77. The third-order valence-electron chi connectivity index (χ3n) is 2.85. The first kappa shape index (κ1) is 16.2. The Kier molecular flexibility index (Phi) is 6.24. The number of nitrogen functional groups attached to an aromatic ring is 1. The van der Waals surface area contributed by atoms with E-state index in [4.69, 9.17) is 15.2 Å². The fraction of sp³-hybridized carbons (Fsp3) is 0.500. The molecule has 5 nitrogen and oxygen atoms in total. The molecule has 1 unspecified atom stereocenters. The molecule has 1 aromatic rings. The molecular weight excluding hydrogens is 263 g/mol. The maximum Gasteiger partial charge on any atom is 0.340 e. The maximum absolute atomic E-state index is 13.9. The zero-order valence-corrected chi connectivity index (χ0v) is 12.0. The summed E-state index contributed by atoms with van der Waals surface area (Å²) in [6, 6.07) is 2.45. The third kappa shape index (κ3) is 4.09. The van der Waals surface area contributed by atoms with Crippen LogP contribution in [-0.4, -0.2) is 32.3 Å². The number of benzene rings is 1. The summed E-state index contributed by atoms with van der Waals surface area (Å²) in [4.78, 5) is 11.7. The maximum atomic E-state index is 13.9. The first-order chi connectivity index (χ1) is 9.53. The normalized spacial score (nSPS) is 12.0. The Labute approximate surface area is 118 Å². The van der Waals surface area contributed by atoms with Crippen LogP contribution in [-0.2, 0) is 9.47 Å². The quantitative estimate of drug-likeness (QED) is 0.594. The number of methoxy groups -OCH3 is 1. The molecule has 0 aromatic heterocycles. The van der Waals surface area contributed by atoms with Crippen LogP contribution >= 0.6 is 0 Å². The van der Waals surface area contributed by atoms with Crippen molar-refractivity contribution in [3.05, 3.63) is 23.5 Å². The van der Waals surface area contributed by atoms with Gasteiger partial charge in [0.1, 0.15) is 5.82 Å². The van der Waals surface area contributed by atoms with Crippen LogP contribution in [0.25, 0.3) is 0 Å². The van der Waals surface area contributed by atoms with E-state index in [1.165, 1.54) is 6.07 Å². The number of nitrogens with one attached hydrogen (secondary N) is 1. The number of carbonyl (C=O) groups is 1. The van der Waals surface area contributed by atoms with Crippen LogP contribution < -0.4 is 11.1 Å². The van der Waals surface area contributed by atoms with Gasteiger partial charge in [0.15, 0.2) is 0 Å². The minimum absolute atomic E-state index is 0.0480. The standard InChI is InChI=1S/C14H21FN2O3/c1-4-9(8-19-3)17-13-6-10(14(18)20-5-2)12(16)7-11(13)15/h6-7,9,17H,4-5,8,16H2,1-3H3. The zero-order chi connectivity index (χ0) is 15.1.